The third kappa shape index (κ3) is 4.70. The third-order valence-electron chi connectivity index (χ3n) is 3.50. The van der Waals surface area contributed by atoms with E-state index in [1.54, 1.807) is 12.3 Å². The van der Waals surface area contributed by atoms with Crippen LogP contribution in [0, 0.1) is 5.92 Å². The molecule has 1 aliphatic rings. The molecule has 0 aromatic carbocycles. The van der Waals surface area contributed by atoms with Crippen molar-refractivity contribution < 1.29 is 14.3 Å². The van der Waals surface area contributed by atoms with Gasteiger partial charge in [0.05, 0.1) is 18.7 Å². The van der Waals surface area contributed by atoms with Gasteiger partial charge in [-0.2, -0.15) is 0 Å². The van der Waals surface area contributed by atoms with Crippen LogP contribution in [0.15, 0.2) is 5.38 Å². The minimum Gasteiger partial charge on any atom is -0.450 e. The average Bonchev–Trinajstić information content (AvgIpc) is 2.86. The Hall–Kier alpha value is -1.63. The van der Waals surface area contributed by atoms with Crippen LogP contribution in [-0.2, 0) is 16.0 Å². The molecule has 2 amide bonds. The van der Waals surface area contributed by atoms with Crippen LogP contribution in [0.2, 0.25) is 0 Å². The van der Waals surface area contributed by atoms with Crippen molar-refractivity contribution in [1.82, 2.24) is 9.88 Å². The third-order valence-corrected chi connectivity index (χ3v) is 4.31. The molecule has 21 heavy (non-hydrogen) atoms. The number of hydrogen-bond donors (Lipinski definition) is 1. The molecule has 0 radical (unpaired) electrons. The molecule has 0 bridgehead atoms. The lowest BCUT2D eigenvalue weighted by Gasteiger charge is -2.30. The van der Waals surface area contributed by atoms with Gasteiger partial charge in [0.25, 0.3) is 0 Å². The zero-order valence-corrected chi connectivity index (χ0v) is 13.2. The topological polar surface area (TPSA) is 71.5 Å². The highest BCUT2D eigenvalue weighted by molar-refractivity contribution is 7.13. The molecule has 2 heterocycles. The lowest BCUT2D eigenvalue weighted by Crippen LogP contribution is -2.38. The van der Waals surface area contributed by atoms with E-state index < -0.39 is 6.09 Å². The Bertz CT molecular complexity index is 495. The summed E-state index contributed by atoms with van der Waals surface area (Å²) in [5.41, 5.74) is 0.690. The Morgan fingerprint density at radius 2 is 2.19 bits per heavy atom. The number of piperidine rings is 1. The van der Waals surface area contributed by atoms with E-state index in [9.17, 15) is 9.59 Å². The standard InChI is InChI=1S/C14H21N3O3S/c1-3-20-14(19)16-13-15-11(9-21-13)8-12(18)17-6-4-10(2)5-7-17/h9-10H,3-8H2,1-2H3,(H,15,16,19). The van der Waals surface area contributed by atoms with Crippen LogP contribution in [0.4, 0.5) is 9.93 Å². The highest BCUT2D eigenvalue weighted by atomic mass is 32.1. The number of carbonyl (C=O) groups excluding carboxylic acids is 2. The van der Waals surface area contributed by atoms with Gasteiger partial charge in [-0.15, -0.1) is 11.3 Å². The van der Waals surface area contributed by atoms with Crippen molar-refractivity contribution >= 4 is 28.5 Å². The summed E-state index contributed by atoms with van der Waals surface area (Å²) in [5.74, 6) is 0.809. The number of ether oxygens (including phenoxy) is 1. The highest BCUT2D eigenvalue weighted by Gasteiger charge is 2.21. The fourth-order valence-corrected chi connectivity index (χ4v) is 2.92. The minimum absolute atomic E-state index is 0.106. The Kier molecular flexibility index (Phi) is 5.55. The SMILES string of the molecule is CCOC(=O)Nc1nc(CC(=O)N2CCC(C)CC2)cs1. The van der Waals surface area contributed by atoms with Crippen LogP contribution < -0.4 is 5.32 Å². The molecule has 0 unspecified atom stereocenters. The van der Waals surface area contributed by atoms with Crippen molar-refractivity contribution in [2.24, 2.45) is 5.92 Å². The first kappa shape index (κ1) is 15.8. The molecule has 1 fully saturated rings. The van der Waals surface area contributed by atoms with Gasteiger partial charge in [-0.1, -0.05) is 6.92 Å². The van der Waals surface area contributed by atoms with Crippen molar-refractivity contribution in [3.63, 3.8) is 0 Å². The zero-order chi connectivity index (χ0) is 15.2. The summed E-state index contributed by atoms with van der Waals surface area (Å²) in [5, 5.41) is 4.80. The van der Waals surface area contributed by atoms with Gasteiger partial charge in [-0.05, 0) is 25.7 Å². The van der Waals surface area contributed by atoms with E-state index in [0.717, 1.165) is 25.9 Å². The summed E-state index contributed by atoms with van der Waals surface area (Å²) in [6.45, 7) is 5.94. The largest absolute Gasteiger partial charge is 0.450 e. The van der Waals surface area contributed by atoms with E-state index in [1.807, 2.05) is 4.90 Å². The van der Waals surface area contributed by atoms with E-state index in [0.29, 0.717) is 23.4 Å². The summed E-state index contributed by atoms with van der Waals surface area (Å²) in [7, 11) is 0. The number of amides is 2. The van der Waals surface area contributed by atoms with Crippen LogP contribution in [0.3, 0.4) is 0 Å². The molecule has 0 aliphatic carbocycles. The number of nitrogens with zero attached hydrogens (tertiary/aromatic N) is 2. The van der Waals surface area contributed by atoms with Gasteiger partial charge < -0.3 is 9.64 Å². The maximum absolute atomic E-state index is 12.2. The number of nitrogens with one attached hydrogen (secondary N) is 1. The molecule has 0 atom stereocenters. The normalized spacial score (nSPS) is 15.8. The van der Waals surface area contributed by atoms with Gasteiger partial charge in [-0.3, -0.25) is 10.1 Å². The summed E-state index contributed by atoms with van der Waals surface area (Å²) < 4.78 is 4.78. The minimum atomic E-state index is -0.519. The Morgan fingerprint density at radius 1 is 1.48 bits per heavy atom. The molecule has 0 spiro atoms. The molecular weight excluding hydrogens is 290 g/mol. The molecule has 0 saturated carbocycles. The van der Waals surface area contributed by atoms with E-state index >= 15 is 0 Å². The fourth-order valence-electron chi connectivity index (χ4n) is 2.22. The number of thiazole rings is 1. The van der Waals surface area contributed by atoms with Crippen LogP contribution in [-0.4, -0.2) is 41.6 Å². The molecule has 1 aromatic rings. The molecule has 116 valence electrons. The highest BCUT2D eigenvalue weighted by Crippen LogP contribution is 2.19. The second-order valence-corrected chi connectivity index (χ2v) is 6.09. The number of hydrogen-bond acceptors (Lipinski definition) is 5. The number of anilines is 1. The summed E-state index contributed by atoms with van der Waals surface area (Å²) in [6, 6.07) is 0. The second-order valence-electron chi connectivity index (χ2n) is 5.23. The second kappa shape index (κ2) is 7.40. The van der Waals surface area contributed by atoms with Crippen molar-refractivity contribution in [3.8, 4) is 0 Å². The smallest absolute Gasteiger partial charge is 0.413 e. The molecule has 2 rings (SSSR count). The predicted octanol–water partition coefficient (Wildman–Crippen LogP) is 2.51. The van der Waals surface area contributed by atoms with E-state index in [2.05, 4.69) is 17.2 Å². The van der Waals surface area contributed by atoms with Gasteiger partial charge in [-0.25, -0.2) is 9.78 Å². The van der Waals surface area contributed by atoms with Gasteiger partial charge in [0, 0.05) is 18.5 Å². The lowest BCUT2D eigenvalue weighted by molar-refractivity contribution is -0.131. The van der Waals surface area contributed by atoms with Crippen LogP contribution in [0.5, 0.6) is 0 Å². The summed E-state index contributed by atoms with van der Waals surface area (Å²) >= 11 is 1.30. The Balaban J connectivity index is 1.84. The zero-order valence-electron chi connectivity index (χ0n) is 12.4. The number of carbonyl (C=O) groups is 2. The quantitative estimate of drug-likeness (QED) is 0.927. The van der Waals surface area contributed by atoms with Gasteiger partial charge in [0.1, 0.15) is 0 Å². The number of rotatable bonds is 4. The van der Waals surface area contributed by atoms with Gasteiger partial charge in [0.15, 0.2) is 5.13 Å². The first-order valence-corrected chi connectivity index (χ1v) is 8.12. The van der Waals surface area contributed by atoms with Crippen molar-refractivity contribution in [1.29, 1.82) is 0 Å². The Morgan fingerprint density at radius 3 is 2.86 bits per heavy atom. The predicted molar refractivity (Wildman–Crippen MR) is 81.4 cm³/mol. The molecule has 1 aromatic heterocycles. The first-order chi connectivity index (χ1) is 10.1. The average molecular weight is 311 g/mol. The summed E-state index contributed by atoms with van der Waals surface area (Å²) in [6.07, 6.45) is 1.90. The monoisotopic (exact) mass is 311 g/mol. The fraction of sp³-hybridized carbons (Fsp3) is 0.643. The van der Waals surface area contributed by atoms with Crippen LogP contribution in [0.25, 0.3) is 0 Å². The molecule has 7 heteroatoms. The number of aromatic nitrogens is 1. The molecule has 6 nitrogen and oxygen atoms in total. The maximum atomic E-state index is 12.2. The lowest BCUT2D eigenvalue weighted by atomic mass is 9.99. The van der Waals surface area contributed by atoms with Crippen LogP contribution >= 0.6 is 11.3 Å². The first-order valence-electron chi connectivity index (χ1n) is 7.24. The summed E-state index contributed by atoms with van der Waals surface area (Å²) in [4.78, 5) is 29.6. The molecular formula is C14H21N3O3S. The molecule has 1 aliphatic heterocycles. The van der Waals surface area contributed by atoms with Crippen molar-refractivity contribution in [2.45, 2.75) is 33.1 Å². The van der Waals surface area contributed by atoms with Crippen molar-refractivity contribution in [3.05, 3.63) is 11.1 Å². The van der Waals surface area contributed by atoms with Crippen molar-refractivity contribution in [2.75, 3.05) is 25.0 Å². The van der Waals surface area contributed by atoms with Gasteiger partial charge >= 0.3 is 6.09 Å². The maximum Gasteiger partial charge on any atom is 0.413 e. The van der Waals surface area contributed by atoms with E-state index in [4.69, 9.17) is 4.74 Å². The van der Waals surface area contributed by atoms with Gasteiger partial charge in [0.2, 0.25) is 5.91 Å². The Labute approximate surface area is 128 Å². The molecule has 1 saturated heterocycles. The number of likely N-dealkylation sites (tertiary alicyclic amines) is 1. The molecule has 1 N–H and O–H groups in total. The van der Waals surface area contributed by atoms with E-state index in [-0.39, 0.29) is 12.3 Å². The van der Waals surface area contributed by atoms with Crippen LogP contribution in [0.1, 0.15) is 32.4 Å². The van der Waals surface area contributed by atoms with E-state index in [1.165, 1.54) is 11.3 Å².